The lowest BCUT2D eigenvalue weighted by Crippen LogP contribution is -2.22. The van der Waals surface area contributed by atoms with Gasteiger partial charge in [-0.1, -0.05) is 36.4 Å². The quantitative estimate of drug-likeness (QED) is 0.482. The number of carbonyl (C=O) groups is 1. The van der Waals surface area contributed by atoms with Gasteiger partial charge in [-0.05, 0) is 57.4 Å². The fraction of sp³-hybridized carbons (Fsp3) is 0.0952. The Bertz CT molecular complexity index is 1150. The monoisotopic (exact) mass is 409 g/mol. The first-order chi connectivity index (χ1) is 12.5. The number of fused-ring (bicyclic) bond motifs is 2. The number of hydrogen-bond acceptors (Lipinski definition) is 3. The minimum atomic E-state index is -0.231. The number of nitrogens with one attached hydrogen (secondary N) is 1. The van der Waals surface area contributed by atoms with Gasteiger partial charge in [-0.25, -0.2) is 0 Å². The molecular weight excluding hydrogens is 394 g/mol. The molecule has 0 aliphatic rings. The molecule has 26 heavy (non-hydrogen) atoms. The summed E-state index contributed by atoms with van der Waals surface area (Å²) in [6.07, 6.45) is 0. The van der Waals surface area contributed by atoms with Crippen molar-refractivity contribution in [3.05, 3.63) is 76.0 Å². The number of carbonyl (C=O) groups excluding carboxylic acids is 1. The van der Waals surface area contributed by atoms with Crippen molar-refractivity contribution in [2.75, 3.05) is 0 Å². The van der Waals surface area contributed by atoms with Crippen LogP contribution in [0.3, 0.4) is 0 Å². The number of halogens is 1. The van der Waals surface area contributed by atoms with E-state index in [0.717, 1.165) is 27.3 Å². The van der Waals surface area contributed by atoms with Crippen molar-refractivity contribution >= 4 is 43.6 Å². The Morgan fingerprint density at radius 1 is 1.12 bits per heavy atom. The molecule has 4 nitrogen and oxygen atoms in total. The minimum Gasteiger partial charge on any atom is -0.507 e. The Morgan fingerprint density at radius 2 is 1.92 bits per heavy atom. The highest BCUT2D eigenvalue weighted by molar-refractivity contribution is 9.10. The molecule has 0 atom stereocenters. The van der Waals surface area contributed by atoms with Crippen LogP contribution in [0.1, 0.15) is 21.7 Å². The van der Waals surface area contributed by atoms with Gasteiger partial charge in [0.25, 0.3) is 5.91 Å². The summed E-state index contributed by atoms with van der Waals surface area (Å²) >= 11 is 3.39. The lowest BCUT2D eigenvalue weighted by Gasteiger charge is -2.08. The summed E-state index contributed by atoms with van der Waals surface area (Å²) in [5, 5.41) is 15.5. The molecule has 0 saturated heterocycles. The predicted molar refractivity (Wildman–Crippen MR) is 105 cm³/mol. The molecule has 1 aromatic heterocycles. The number of aryl methyl sites for hydroxylation is 1. The van der Waals surface area contributed by atoms with Crippen molar-refractivity contribution in [1.29, 1.82) is 0 Å². The maximum absolute atomic E-state index is 12.5. The summed E-state index contributed by atoms with van der Waals surface area (Å²) in [7, 11) is 0. The molecule has 0 aliphatic heterocycles. The van der Waals surface area contributed by atoms with Crippen molar-refractivity contribution < 1.29 is 14.3 Å². The van der Waals surface area contributed by atoms with E-state index < -0.39 is 0 Å². The topological polar surface area (TPSA) is 62.5 Å². The van der Waals surface area contributed by atoms with E-state index in [1.807, 2.05) is 55.5 Å². The zero-order chi connectivity index (χ0) is 18.3. The second-order valence-electron chi connectivity index (χ2n) is 6.19. The SMILES string of the molecule is Cc1c(C(=O)NCc2ccc3c(Br)c(O)ccc3c2)oc2ccccc12. The lowest BCUT2D eigenvalue weighted by molar-refractivity contribution is 0.0924. The number of benzene rings is 3. The Kier molecular flexibility index (Phi) is 4.17. The number of amides is 1. The van der Waals surface area contributed by atoms with Crippen molar-refractivity contribution in [2.24, 2.45) is 0 Å². The molecule has 0 aliphatic carbocycles. The van der Waals surface area contributed by atoms with Gasteiger partial charge in [0.05, 0.1) is 4.47 Å². The largest absolute Gasteiger partial charge is 0.507 e. The highest BCUT2D eigenvalue weighted by Gasteiger charge is 2.17. The van der Waals surface area contributed by atoms with Gasteiger partial charge in [0.15, 0.2) is 5.76 Å². The number of phenolic OH excluding ortho intramolecular Hbond substituents is 1. The molecular formula is C21H16BrNO3. The average molecular weight is 410 g/mol. The summed E-state index contributed by atoms with van der Waals surface area (Å²) in [5.41, 5.74) is 2.53. The lowest BCUT2D eigenvalue weighted by atomic mass is 10.1. The fourth-order valence-corrected chi connectivity index (χ4v) is 3.59. The maximum Gasteiger partial charge on any atom is 0.287 e. The minimum absolute atomic E-state index is 0.207. The van der Waals surface area contributed by atoms with Gasteiger partial charge >= 0.3 is 0 Å². The third-order valence-electron chi connectivity index (χ3n) is 4.50. The van der Waals surface area contributed by atoms with E-state index in [-0.39, 0.29) is 11.7 Å². The Balaban J connectivity index is 1.56. The van der Waals surface area contributed by atoms with Crippen molar-refractivity contribution in [3.63, 3.8) is 0 Å². The van der Waals surface area contributed by atoms with Crippen LogP contribution in [0.5, 0.6) is 5.75 Å². The molecule has 0 bridgehead atoms. The number of aromatic hydroxyl groups is 1. The van der Waals surface area contributed by atoms with Crippen LogP contribution in [0.25, 0.3) is 21.7 Å². The molecule has 5 heteroatoms. The van der Waals surface area contributed by atoms with Gasteiger partial charge in [0, 0.05) is 17.5 Å². The van der Waals surface area contributed by atoms with E-state index in [1.54, 1.807) is 6.07 Å². The fourth-order valence-electron chi connectivity index (χ4n) is 3.09. The van der Waals surface area contributed by atoms with E-state index in [2.05, 4.69) is 21.2 Å². The van der Waals surface area contributed by atoms with Crippen LogP contribution >= 0.6 is 15.9 Å². The Morgan fingerprint density at radius 3 is 2.73 bits per heavy atom. The van der Waals surface area contributed by atoms with Gasteiger partial charge in [0.2, 0.25) is 0 Å². The number of para-hydroxylation sites is 1. The zero-order valence-electron chi connectivity index (χ0n) is 14.0. The third-order valence-corrected chi connectivity index (χ3v) is 5.33. The molecule has 2 N–H and O–H groups in total. The molecule has 0 spiro atoms. The second-order valence-corrected chi connectivity index (χ2v) is 6.98. The maximum atomic E-state index is 12.5. The molecule has 4 rings (SSSR count). The first-order valence-electron chi connectivity index (χ1n) is 8.21. The number of hydrogen-bond donors (Lipinski definition) is 2. The van der Waals surface area contributed by atoms with Crippen LogP contribution in [0, 0.1) is 6.92 Å². The molecule has 3 aromatic carbocycles. The summed E-state index contributed by atoms with van der Waals surface area (Å²) < 4.78 is 6.37. The molecule has 0 saturated carbocycles. The Hall–Kier alpha value is -2.79. The normalized spacial score (nSPS) is 11.2. The van der Waals surface area contributed by atoms with Crippen LogP contribution in [-0.4, -0.2) is 11.0 Å². The van der Waals surface area contributed by atoms with Crippen LogP contribution in [0.2, 0.25) is 0 Å². The van der Waals surface area contributed by atoms with Crippen molar-refractivity contribution in [2.45, 2.75) is 13.5 Å². The van der Waals surface area contributed by atoms with Crippen LogP contribution in [-0.2, 0) is 6.54 Å². The summed E-state index contributed by atoms with van der Waals surface area (Å²) in [4.78, 5) is 12.5. The van der Waals surface area contributed by atoms with E-state index in [1.165, 1.54) is 0 Å². The zero-order valence-corrected chi connectivity index (χ0v) is 15.6. The summed E-state index contributed by atoms with van der Waals surface area (Å²) in [6.45, 7) is 2.28. The number of phenols is 1. The standard InChI is InChI=1S/C21H16BrNO3/c1-12-15-4-2-3-5-18(15)26-20(12)21(25)23-11-13-6-8-16-14(10-13)7-9-17(24)19(16)22/h2-10,24H,11H2,1H3,(H,23,25). The van der Waals surface area contributed by atoms with Gasteiger partial charge in [-0.15, -0.1) is 0 Å². The summed E-state index contributed by atoms with van der Waals surface area (Å²) in [6, 6.07) is 17.0. The van der Waals surface area contributed by atoms with Crippen LogP contribution in [0.4, 0.5) is 0 Å². The van der Waals surface area contributed by atoms with Crippen LogP contribution in [0.15, 0.2) is 63.5 Å². The van der Waals surface area contributed by atoms with Gasteiger partial charge in [0.1, 0.15) is 11.3 Å². The van der Waals surface area contributed by atoms with Crippen molar-refractivity contribution in [1.82, 2.24) is 5.32 Å². The third kappa shape index (κ3) is 2.84. The Labute approximate surface area is 158 Å². The van der Waals surface area contributed by atoms with E-state index in [0.29, 0.717) is 22.4 Å². The first-order valence-corrected chi connectivity index (χ1v) is 9.00. The number of furan rings is 1. The van der Waals surface area contributed by atoms with Gasteiger partial charge < -0.3 is 14.8 Å². The molecule has 130 valence electrons. The van der Waals surface area contributed by atoms with E-state index in [9.17, 15) is 9.90 Å². The predicted octanol–water partition coefficient (Wildman–Crippen LogP) is 5.29. The molecule has 1 amide bonds. The molecule has 0 fully saturated rings. The van der Waals surface area contributed by atoms with Crippen LogP contribution < -0.4 is 5.32 Å². The summed E-state index contributed by atoms with van der Waals surface area (Å²) in [5.74, 6) is 0.323. The molecule has 1 heterocycles. The highest BCUT2D eigenvalue weighted by Crippen LogP contribution is 2.32. The smallest absolute Gasteiger partial charge is 0.287 e. The first kappa shape index (κ1) is 16.7. The van der Waals surface area contributed by atoms with Crippen molar-refractivity contribution in [3.8, 4) is 5.75 Å². The molecule has 0 unspecified atom stereocenters. The highest BCUT2D eigenvalue weighted by atomic mass is 79.9. The molecule has 4 aromatic rings. The number of rotatable bonds is 3. The van der Waals surface area contributed by atoms with E-state index in [4.69, 9.17) is 4.42 Å². The molecule has 0 radical (unpaired) electrons. The van der Waals surface area contributed by atoms with Gasteiger partial charge in [-0.2, -0.15) is 0 Å². The average Bonchev–Trinajstić information content (AvgIpc) is 3.00. The second kappa shape index (κ2) is 6.50. The van der Waals surface area contributed by atoms with E-state index >= 15 is 0 Å². The van der Waals surface area contributed by atoms with Gasteiger partial charge in [-0.3, -0.25) is 4.79 Å².